The van der Waals surface area contributed by atoms with Crippen LogP contribution in [0.25, 0.3) is 11.0 Å². The molecule has 0 aliphatic carbocycles. The van der Waals surface area contributed by atoms with Gasteiger partial charge < -0.3 is 24.4 Å². The molecule has 10 nitrogen and oxygen atoms in total. The van der Waals surface area contributed by atoms with Gasteiger partial charge in [0.2, 0.25) is 0 Å². The second-order valence-corrected chi connectivity index (χ2v) is 7.40. The lowest BCUT2D eigenvalue weighted by Gasteiger charge is -2.15. The van der Waals surface area contributed by atoms with Gasteiger partial charge in [0.15, 0.2) is 11.5 Å². The highest BCUT2D eigenvalue weighted by Crippen LogP contribution is 2.32. The first kappa shape index (κ1) is 21.2. The molecule has 1 atom stereocenters. The predicted octanol–water partition coefficient (Wildman–Crippen LogP) is 3.29. The van der Waals surface area contributed by atoms with Crippen molar-refractivity contribution in [1.82, 2.24) is 19.3 Å². The number of anilines is 2. The number of carbonyl (C=O) groups is 2. The molecule has 10 heteroatoms. The molecule has 0 spiro atoms. The normalized spacial score (nSPS) is 12.0. The maximum absolute atomic E-state index is 12.6. The number of esters is 1. The lowest BCUT2D eigenvalue weighted by atomic mass is 10.2. The monoisotopic (exact) mass is 436 g/mol. The Balaban J connectivity index is 1.64. The number of pyridine rings is 1. The Labute approximate surface area is 184 Å². The van der Waals surface area contributed by atoms with Gasteiger partial charge in [-0.3, -0.25) is 9.48 Å². The molecule has 4 heterocycles. The predicted molar refractivity (Wildman–Crippen MR) is 119 cm³/mol. The van der Waals surface area contributed by atoms with Gasteiger partial charge in [-0.1, -0.05) is 0 Å². The number of nitrogens with zero attached hydrogens (tertiary/aromatic N) is 4. The maximum atomic E-state index is 12.6. The van der Waals surface area contributed by atoms with Crippen LogP contribution in [-0.4, -0.2) is 44.4 Å². The summed E-state index contributed by atoms with van der Waals surface area (Å²) in [6.45, 7) is 2.84. The minimum Gasteiger partial charge on any atom is -0.464 e. The summed E-state index contributed by atoms with van der Waals surface area (Å²) in [6, 6.07) is 7.06. The Bertz CT molecular complexity index is 1230. The number of amides is 1. The smallest absolute Gasteiger partial charge is 0.356 e. The minimum atomic E-state index is -0.581. The minimum absolute atomic E-state index is 0.132. The summed E-state index contributed by atoms with van der Waals surface area (Å²) >= 11 is 0. The van der Waals surface area contributed by atoms with Crippen LogP contribution in [0.4, 0.5) is 11.4 Å². The van der Waals surface area contributed by atoms with E-state index in [2.05, 4.69) is 27.6 Å². The van der Waals surface area contributed by atoms with Gasteiger partial charge in [-0.2, -0.15) is 5.10 Å². The first-order valence-corrected chi connectivity index (χ1v) is 10.1. The lowest BCUT2D eigenvalue weighted by molar-refractivity contribution is 0.0591. The van der Waals surface area contributed by atoms with Crippen LogP contribution in [0.2, 0.25) is 0 Å². The number of nitrogens with one attached hydrogen (secondary N) is 2. The largest absolute Gasteiger partial charge is 0.464 e. The van der Waals surface area contributed by atoms with Crippen LogP contribution in [0.1, 0.15) is 34.4 Å². The molecule has 4 aromatic heterocycles. The van der Waals surface area contributed by atoms with Crippen LogP contribution >= 0.6 is 0 Å². The second-order valence-electron chi connectivity index (χ2n) is 7.40. The Morgan fingerprint density at radius 3 is 2.84 bits per heavy atom. The number of aryl methyl sites for hydroxylation is 2. The molecule has 0 aromatic carbocycles. The third-order valence-electron chi connectivity index (χ3n) is 5.15. The molecule has 4 aromatic rings. The molecule has 0 fully saturated rings. The Morgan fingerprint density at radius 1 is 1.31 bits per heavy atom. The van der Waals surface area contributed by atoms with Gasteiger partial charge in [-0.25, -0.2) is 9.78 Å². The number of hydrogen-bond donors (Lipinski definition) is 2. The number of hydrogen-bond acceptors (Lipinski definition) is 7. The van der Waals surface area contributed by atoms with E-state index < -0.39 is 11.9 Å². The van der Waals surface area contributed by atoms with Gasteiger partial charge >= 0.3 is 5.97 Å². The fourth-order valence-electron chi connectivity index (χ4n) is 3.55. The zero-order chi connectivity index (χ0) is 22.7. The molecule has 32 heavy (non-hydrogen) atoms. The Morgan fingerprint density at radius 2 is 2.16 bits per heavy atom. The molecule has 0 bridgehead atoms. The van der Waals surface area contributed by atoms with E-state index in [1.165, 1.54) is 13.4 Å². The molecule has 1 unspecified atom stereocenters. The third-order valence-corrected chi connectivity index (χ3v) is 5.15. The van der Waals surface area contributed by atoms with Gasteiger partial charge in [-0.15, -0.1) is 0 Å². The van der Waals surface area contributed by atoms with Crippen molar-refractivity contribution >= 4 is 34.3 Å². The highest BCUT2D eigenvalue weighted by molar-refractivity contribution is 6.14. The number of fused-ring (bicyclic) bond motifs is 1. The topological polar surface area (TPSA) is 116 Å². The average Bonchev–Trinajstić information content (AvgIpc) is 3.54. The van der Waals surface area contributed by atoms with Crippen molar-refractivity contribution in [2.75, 3.05) is 17.7 Å². The Hall–Kier alpha value is -4.08. The summed E-state index contributed by atoms with van der Waals surface area (Å²) < 4.78 is 13.6. The third kappa shape index (κ3) is 4.20. The van der Waals surface area contributed by atoms with Crippen molar-refractivity contribution < 1.29 is 18.7 Å². The number of aromatic nitrogens is 4. The molecule has 0 saturated carbocycles. The van der Waals surface area contributed by atoms with Crippen LogP contribution in [-0.2, 0) is 18.3 Å². The standard InChI is InChI=1S/C22H24N6O4/c1-14(7-10-28-9-5-8-24-28)25-15-12-16-18(26-21(29)17-6-4-11-32-17)19(22(30)31-3)27(2)20(16)23-13-15/h4-6,8-9,11-14,25H,7,10H2,1-3H3,(H,26,29). The number of carbonyl (C=O) groups excluding carboxylic acids is 2. The van der Waals surface area contributed by atoms with Gasteiger partial charge in [0.05, 0.1) is 30.9 Å². The van der Waals surface area contributed by atoms with Crippen molar-refractivity contribution in [3.8, 4) is 0 Å². The van der Waals surface area contributed by atoms with Gasteiger partial charge in [0.25, 0.3) is 5.91 Å². The number of rotatable bonds is 8. The zero-order valence-corrected chi connectivity index (χ0v) is 18.0. The molecule has 1 amide bonds. The summed E-state index contributed by atoms with van der Waals surface area (Å²) in [5.41, 5.74) is 1.81. The van der Waals surface area contributed by atoms with E-state index in [-0.39, 0.29) is 17.5 Å². The highest BCUT2D eigenvalue weighted by atomic mass is 16.5. The van der Waals surface area contributed by atoms with Crippen LogP contribution < -0.4 is 10.6 Å². The van der Waals surface area contributed by atoms with Crippen LogP contribution in [0.5, 0.6) is 0 Å². The quantitative estimate of drug-likeness (QED) is 0.407. The fourth-order valence-corrected chi connectivity index (χ4v) is 3.55. The molecule has 0 radical (unpaired) electrons. The second kappa shape index (κ2) is 8.96. The van der Waals surface area contributed by atoms with Crippen LogP contribution in [0.15, 0.2) is 53.5 Å². The summed E-state index contributed by atoms with van der Waals surface area (Å²) in [6.07, 6.45) is 7.64. The van der Waals surface area contributed by atoms with E-state index in [0.717, 1.165) is 18.7 Å². The molecule has 166 valence electrons. The van der Waals surface area contributed by atoms with E-state index in [9.17, 15) is 9.59 Å². The van der Waals surface area contributed by atoms with E-state index in [1.54, 1.807) is 36.1 Å². The zero-order valence-electron chi connectivity index (χ0n) is 18.0. The van der Waals surface area contributed by atoms with Gasteiger partial charge in [-0.05, 0) is 37.6 Å². The molecule has 0 saturated heterocycles. The van der Waals surface area contributed by atoms with Gasteiger partial charge in [0.1, 0.15) is 5.65 Å². The first-order valence-electron chi connectivity index (χ1n) is 10.1. The SMILES string of the molecule is COC(=O)c1c(NC(=O)c2ccco2)c2cc(NC(C)CCn3cccn3)cnc2n1C. The van der Waals surface area contributed by atoms with Crippen molar-refractivity contribution in [1.29, 1.82) is 0 Å². The highest BCUT2D eigenvalue weighted by Gasteiger charge is 2.25. The summed E-state index contributed by atoms with van der Waals surface area (Å²) in [5, 5.41) is 11.0. The number of furan rings is 1. The van der Waals surface area contributed by atoms with Gasteiger partial charge in [0, 0.05) is 37.4 Å². The summed E-state index contributed by atoms with van der Waals surface area (Å²) in [5.74, 6) is -0.923. The van der Waals surface area contributed by atoms with E-state index in [1.807, 2.05) is 23.0 Å². The van der Waals surface area contributed by atoms with Crippen LogP contribution in [0.3, 0.4) is 0 Å². The maximum Gasteiger partial charge on any atom is 0.356 e. The first-order chi connectivity index (χ1) is 15.5. The van der Waals surface area contributed by atoms with Crippen molar-refractivity contribution in [2.24, 2.45) is 7.05 Å². The van der Waals surface area contributed by atoms with E-state index in [0.29, 0.717) is 16.7 Å². The molecule has 2 N–H and O–H groups in total. The summed E-state index contributed by atoms with van der Waals surface area (Å²) in [7, 11) is 2.99. The van der Waals surface area contributed by atoms with E-state index in [4.69, 9.17) is 9.15 Å². The molecular formula is C22H24N6O4. The Kier molecular flexibility index (Phi) is 5.93. The van der Waals surface area contributed by atoms with E-state index >= 15 is 0 Å². The van der Waals surface area contributed by atoms with Crippen molar-refractivity contribution in [3.05, 3.63) is 60.6 Å². The van der Waals surface area contributed by atoms with Crippen molar-refractivity contribution in [3.63, 3.8) is 0 Å². The summed E-state index contributed by atoms with van der Waals surface area (Å²) in [4.78, 5) is 29.6. The van der Waals surface area contributed by atoms with Crippen LogP contribution in [0, 0.1) is 0 Å². The average molecular weight is 436 g/mol. The molecule has 0 aliphatic rings. The lowest BCUT2D eigenvalue weighted by Crippen LogP contribution is -2.18. The number of methoxy groups -OCH3 is 1. The fraction of sp³-hybridized carbons (Fsp3) is 0.273. The number of ether oxygens (including phenoxy) is 1. The molecule has 4 rings (SSSR count). The van der Waals surface area contributed by atoms with Crippen molar-refractivity contribution in [2.45, 2.75) is 25.9 Å². The molecule has 0 aliphatic heterocycles. The molecular weight excluding hydrogens is 412 g/mol.